The van der Waals surface area contributed by atoms with E-state index < -0.39 is 12.1 Å². The quantitative estimate of drug-likeness (QED) is 0.0320. The highest BCUT2D eigenvalue weighted by molar-refractivity contribution is 5.76. The third-order valence-corrected chi connectivity index (χ3v) is 18.6. The number of nitrogens with one attached hydrogen (secondary N) is 1. The number of esters is 1. The molecule has 0 aromatic rings. The average molecular weight is 1190 g/mol. The van der Waals surface area contributed by atoms with Crippen LogP contribution in [0.2, 0.25) is 0 Å². The topological polar surface area (TPSA) is 95.9 Å². The van der Waals surface area contributed by atoms with Crippen LogP contribution in [0.4, 0.5) is 0 Å². The van der Waals surface area contributed by atoms with E-state index in [1.807, 2.05) is 0 Å². The molecule has 1 amide bonds. The van der Waals surface area contributed by atoms with Gasteiger partial charge in [-0.25, -0.2) is 0 Å². The van der Waals surface area contributed by atoms with Crippen LogP contribution in [-0.4, -0.2) is 47.4 Å². The molecule has 84 heavy (non-hydrogen) atoms. The Morgan fingerprint density at radius 1 is 0.321 bits per heavy atom. The van der Waals surface area contributed by atoms with E-state index in [-0.39, 0.29) is 18.5 Å². The third-order valence-electron chi connectivity index (χ3n) is 18.6. The van der Waals surface area contributed by atoms with Crippen molar-refractivity contribution in [1.82, 2.24) is 5.32 Å². The van der Waals surface area contributed by atoms with Gasteiger partial charge in [-0.2, -0.15) is 0 Å². The van der Waals surface area contributed by atoms with E-state index in [0.29, 0.717) is 25.9 Å². The van der Waals surface area contributed by atoms with Crippen molar-refractivity contribution in [2.45, 2.75) is 463 Å². The summed E-state index contributed by atoms with van der Waals surface area (Å²) in [4.78, 5) is 24.6. The second-order valence-electron chi connectivity index (χ2n) is 27.0. The Morgan fingerprint density at radius 2 is 0.560 bits per heavy atom. The minimum absolute atomic E-state index is 0.0193. The number of amides is 1. The van der Waals surface area contributed by atoms with Crippen molar-refractivity contribution in [1.29, 1.82) is 0 Å². The Labute approximate surface area is 527 Å². The van der Waals surface area contributed by atoms with Gasteiger partial charge in [0, 0.05) is 12.8 Å². The molecule has 3 N–H and O–H groups in total. The number of carbonyl (C=O) groups excluding carboxylic acids is 2. The van der Waals surface area contributed by atoms with Gasteiger partial charge < -0.3 is 20.3 Å². The summed E-state index contributed by atoms with van der Waals surface area (Å²) in [6, 6.07) is -0.542. The SMILES string of the molecule is CCCCCCCCCCCCCCCCCCCCCCCCCCCC(O)C(CO)NC(=O)CCCCCCCCCCCCCCC/C=C\CCCCCCCCCCCCCCOC(=O)CCCCCCCCCCCCCCC. The number of unbranched alkanes of at least 4 members (excludes halogenated alkanes) is 61. The minimum Gasteiger partial charge on any atom is -0.466 e. The maximum Gasteiger partial charge on any atom is 0.305 e. The highest BCUT2D eigenvalue weighted by Crippen LogP contribution is 2.20. The third kappa shape index (κ3) is 69.7. The summed E-state index contributed by atoms with van der Waals surface area (Å²) in [7, 11) is 0. The highest BCUT2D eigenvalue weighted by atomic mass is 16.5. The molecule has 0 rings (SSSR count). The maximum atomic E-state index is 12.6. The summed E-state index contributed by atoms with van der Waals surface area (Å²) in [5.74, 6) is -0.00866. The number of carbonyl (C=O) groups is 2. The van der Waals surface area contributed by atoms with Crippen LogP contribution < -0.4 is 5.32 Å². The Kier molecular flexibility index (Phi) is 72.8. The number of allylic oxidation sites excluding steroid dienone is 2. The molecule has 6 nitrogen and oxygen atoms in total. The molecular weight excluding hydrogens is 1030 g/mol. The second-order valence-corrected chi connectivity index (χ2v) is 27.0. The first-order valence-electron chi connectivity index (χ1n) is 38.9. The zero-order valence-electron chi connectivity index (χ0n) is 57.4. The summed E-state index contributed by atoms with van der Waals surface area (Å²) < 4.78 is 5.49. The van der Waals surface area contributed by atoms with E-state index >= 15 is 0 Å². The Balaban J connectivity index is 3.37. The second kappa shape index (κ2) is 74.1. The molecule has 0 saturated carbocycles. The fourth-order valence-electron chi connectivity index (χ4n) is 12.6. The van der Waals surface area contributed by atoms with Gasteiger partial charge in [-0.15, -0.1) is 0 Å². The van der Waals surface area contributed by atoms with Crippen LogP contribution >= 0.6 is 0 Å². The van der Waals surface area contributed by atoms with E-state index in [2.05, 4.69) is 31.3 Å². The van der Waals surface area contributed by atoms with Crippen LogP contribution in [0.1, 0.15) is 450 Å². The monoisotopic (exact) mass is 1180 g/mol. The van der Waals surface area contributed by atoms with Crippen LogP contribution in [0.25, 0.3) is 0 Å². The van der Waals surface area contributed by atoms with Crippen molar-refractivity contribution >= 4 is 11.9 Å². The highest BCUT2D eigenvalue weighted by Gasteiger charge is 2.20. The number of ether oxygens (including phenoxy) is 1. The summed E-state index contributed by atoms with van der Waals surface area (Å²) in [5, 5.41) is 23.5. The van der Waals surface area contributed by atoms with Gasteiger partial charge in [0.05, 0.1) is 25.4 Å². The Morgan fingerprint density at radius 3 is 0.845 bits per heavy atom. The lowest BCUT2D eigenvalue weighted by Crippen LogP contribution is -2.45. The molecule has 0 aromatic heterocycles. The summed E-state index contributed by atoms with van der Waals surface area (Å²) in [6.45, 7) is 5.01. The van der Waals surface area contributed by atoms with Crippen molar-refractivity contribution in [2.75, 3.05) is 13.2 Å². The van der Waals surface area contributed by atoms with Crippen LogP contribution in [0.15, 0.2) is 12.2 Å². The lowest BCUT2D eigenvalue weighted by molar-refractivity contribution is -0.143. The molecule has 0 bridgehead atoms. The zero-order chi connectivity index (χ0) is 60.6. The van der Waals surface area contributed by atoms with E-state index in [4.69, 9.17) is 4.74 Å². The molecule has 0 aliphatic heterocycles. The normalized spacial score (nSPS) is 12.5. The molecule has 0 fully saturated rings. The predicted octanol–water partition coefficient (Wildman–Crippen LogP) is 25.5. The molecule has 2 atom stereocenters. The minimum atomic E-state index is -0.665. The number of aliphatic hydroxyl groups excluding tert-OH is 2. The molecule has 2 unspecified atom stereocenters. The molecule has 0 heterocycles. The molecule has 0 aliphatic carbocycles. The smallest absolute Gasteiger partial charge is 0.305 e. The van der Waals surface area contributed by atoms with Crippen LogP contribution in [0.3, 0.4) is 0 Å². The van der Waals surface area contributed by atoms with Gasteiger partial charge in [0.25, 0.3) is 0 Å². The summed E-state index contributed by atoms with van der Waals surface area (Å²) >= 11 is 0. The van der Waals surface area contributed by atoms with Crippen molar-refractivity contribution < 1.29 is 24.5 Å². The van der Waals surface area contributed by atoms with Crippen LogP contribution in [0, 0.1) is 0 Å². The molecule has 6 heteroatoms. The van der Waals surface area contributed by atoms with Crippen LogP contribution in [0.5, 0.6) is 0 Å². The van der Waals surface area contributed by atoms with E-state index in [0.717, 1.165) is 38.5 Å². The first-order chi connectivity index (χ1) is 41.5. The number of hydrogen-bond donors (Lipinski definition) is 3. The molecule has 500 valence electrons. The molecule has 0 radical (unpaired) electrons. The van der Waals surface area contributed by atoms with E-state index in [1.165, 1.54) is 379 Å². The molecular formula is C78H153NO5. The first-order valence-corrected chi connectivity index (χ1v) is 38.9. The van der Waals surface area contributed by atoms with Crippen molar-refractivity contribution in [2.24, 2.45) is 0 Å². The summed E-state index contributed by atoms with van der Waals surface area (Å²) in [6.07, 6.45) is 92.9. The number of rotatable bonds is 74. The van der Waals surface area contributed by atoms with Crippen LogP contribution in [-0.2, 0) is 14.3 Å². The fourth-order valence-corrected chi connectivity index (χ4v) is 12.6. The van der Waals surface area contributed by atoms with Gasteiger partial charge >= 0.3 is 5.97 Å². The molecule has 0 aromatic carbocycles. The Bertz CT molecular complexity index is 1270. The van der Waals surface area contributed by atoms with Gasteiger partial charge in [-0.3, -0.25) is 9.59 Å². The summed E-state index contributed by atoms with van der Waals surface area (Å²) in [5.41, 5.74) is 0. The van der Waals surface area contributed by atoms with Gasteiger partial charge in [-0.05, 0) is 51.4 Å². The van der Waals surface area contributed by atoms with Gasteiger partial charge in [0.1, 0.15) is 0 Å². The lowest BCUT2D eigenvalue weighted by Gasteiger charge is -2.22. The number of aliphatic hydroxyl groups is 2. The average Bonchev–Trinajstić information content (AvgIpc) is 3.51. The van der Waals surface area contributed by atoms with Crippen molar-refractivity contribution in [3.8, 4) is 0 Å². The standard InChI is InChI=1S/C78H153NO5/c1-3-5-7-9-11-13-15-17-18-19-20-21-22-28-31-34-37-40-43-47-50-54-58-62-66-70-76(81)75(74-80)79-77(82)71-67-63-59-55-51-48-44-41-38-35-32-29-26-24-23-25-27-30-33-36-39-42-45-49-53-57-61-65-69-73-84-78(83)72-68-64-60-56-52-46-16-14-12-10-8-6-4-2/h23,25,75-76,80-81H,3-22,24,26-74H2,1-2H3,(H,79,82)/b25-23-. The predicted molar refractivity (Wildman–Crippen MR) is 370 cm³/mol. The zero-order valence-corrected chi connectivity index (χ0v) is 57.4. The maximum absolute atomic E-state index is 12.6. The fraction of sp³-hybridized carbons (Fsp3) is 0.949. The molecule has 0 aliphatic rings. The molecule has 0 saturated heterocycles. The van der Waals surface area contributed by atoms with E-state index in [1.54, 1.807) is 0 Å². The Hall–Kier alpha value is -1.40. The van der Waals surface area contributed by atoms with Crippen molar-refractivity contribution in [3.05, 3.63) is 12.2 Å². The van der Waals surface area contributed by atoms with E-state index in [9.17, 15) is 19.8 Å². The lowest BCUT2D eigenvalue weighted by atomic mass is 10.0. The first kappa shape index (κ1) is 82.6. The molecule has 0 spiro atoms. The largest absolute Gasteiger partial charge is 0.466 e. The number of hydrogen-bond acceptors (Lipinski definition) is 5. The van der Waals surface area contributed by atoms with Gasteiger partial charge in [-0.1, -0.05) is 398 Å². The van der Waals surface area contributed by atoms with Gasteiger partial charge in [0.15, 0.2) is 0 Å². The van der Waals surface area contributed by atoms with Gasteiger partial charge in [0.2, 0.25) is 5.91 Å². The van der Waals surface area contributed by atoms with Crippen molar-refractivity contribution in [3.63, 3.8) is 0 Å².